The van der Waals surface area contributed by atoms with Crippen molar-refractivity contribution in [1.29, 1.82) is 0 Å². The Labute approximate surface area is 74.6 Å². The van der Waals surface area contributed by atoms with Gasteiger partial charge in [0, 0.05) is 31.8 Å². The van der Waals surface area contributed by atoms with Crippen LogP contribution >= 0.6 is 0 Å². The third-order valence-corrected chi connectivity index (χ3v) is 1.78. The number of hydrogen-bond donors (Lipinski definition) is 0. The van der Waals surface area contributed by atoms with E-state index in [2.05, 4.69) is 5.32 Å². The van der Waals surface area contributed by atoms with Crippen molar-refractivity contribution in [3.8, 4) is 0 Å². The van der Waals surface area contributed by atoms with Gasteiger partial charge < -0.3 is 10.1 Å². The summed E-state index contributed by atoms with van der Waals surface area (Å²) < 4.78 is 5.20. The molecular weight excluding hydrogens is 165 g/mol. The molecule has 0 aromatic heterocycles. The molecule has 0 aliphatic carbocycles. The average Bonchev–Trinajstić information content (AvgIpc) is 1.91. The smallest absolute Gasteiger partial charge is 0.0468 e. The van der Waals surface area contributed by atoms with Crippen molar-refractivity contribution in [3.63, 3.8) is 0 Å². The normalized spacial score (nSPS) is 20.1. The Morgan fingerprint density at radius 3 is 2.50 bits per heavy atom. The van der Waals surface area contributed by atoms with E-state index in [0.717, 1.165) is 25.7 Å². The summed E-state index contributed by atoms with van der Waals surface area (Å²) in [6, 6.07) is 0. The van der Waals surface area contributed by atoms with Crippen LogP contribution in [0.2, 0.25) is 0 Å². The molecule has 1 aliphatic rings. The third kappa shape index (κ3) is 3.62. The molecular formula is C7H14NOV-. The quantitative estimate of drug-likeness (QED) is 0.628. The fourth-order valence-electron chi connectivity index (χ4n) is 1.19. The van der Waals surface area contributed by atoms with Crippen LogP contribution in [0.4, 0.5) is 0 Å². The molecule has 3 heteroatoms. The van der Waals surface area contributed by atoms with E-state index in [-0.39, 0.29) is 18.6 Å². The minimum Gasteiger partial charge on any atom is -0.665 e. The molecule has 10 heavy (non-hydrogen) atoms. The summed E-state index contributed by atoms with van der Waals surface area (Å²) in [5.41, 5.74) is 0. The molecule has 0 atom stereocenters. The maximum Gasteiger partial charge on any atom is 0.0468 e. The molecule has 1 rings (SSSR count). The molecule has 0 unspecified atom stereocenters. The van der Waals surface area contributed by atoms with E-state index in [1.807, 2.05) is 7.05 Å². The monoisotopic (exact) mass is 179 g/mol. The first-order chi connectivity index (χ1) is 4.43. The van der Waals surface area contributed by atoms with Gasteiger partial charge in [0.25, 0.3) is 0 Å². The molecule has 0 amide bonds. The summed E-state index contributed by atoms with van der Waals surface area (Å²) in [6.45, 7) is 2.92. The van der Waals surface area contributed by atoms with E-state index in [1.54, 1.807) is 0 Å². The van der Waals surface area contributed by atoms with Gasteiger partial charge in [-0.05, 0) is 12.8 Å². The summed E-state index contributed by atoms with van der Waals surface area (Å²) in [6.07, 6.45) is 2.41. The maximum atomic E-state index is 5.20. The van der Waals surface area contributed by atoms with Crippen molar-refractivity contribution in [2.45, 2.75) is 12.8 Å². The van der Waals surface area contributed by atoms with Crippen molar-refractivity contribution in [3.05, 3.63) is 5.32 Å². The second-order valence-electron chi connectivity index (χ2n) is 2.55. The van der Waals surface area contributed by atoms with Gasteiger partial charge in [0.1, 0.15) is 0 Å². The summed E-state index contributed by atoms with van der Waals surface area (Å²) in [5, 5.41) is 4.10. The molecule has 1 radical (unpaired) electrons. The Hall–Kier alpha value is 0.504. The number of hydrogen-bond acceptors (Lipinski definition) is 1. The number of nitrogens with zero attached hydrogens (tertiary/aromatic N) is 1. The summed E-state index contributed by atoms with van der Waals surface area (Å²) in [4.78, 5) is 0. The van der Waals surface area contributed by atoms with Crippen molar-refractivity contribution in [2.75, 3.05) is 26.8 Å². The fourth-order valence-corrected chi connectivity index (χ4v) is 1.19. The zero-order valence-electron chi connectivity index (χ0n) is 6.42. The summed E-state index contributed by atoms with van der Waals surface area (Å²) in [5.74, 6) is 0.809. The SMILES string of the molecule is C[N-]CC1CCOCC1.[V]. The molecule has 1 saturated heterocycles. The van der Waals surface area contributed by atoms with E-state index < -0.39 is 0 Å². The molecule has 0 spiro atoms. The van der Waals surface area contributed by atoms with Gasteiger partial charge >= 0.3 is 0 Å². The molecule has 1 heterocycles. The van der Waals surface area contributed by atoms with E-state index in [4.69, 9.17) is 4.74 Å². The van der Waals surface area contributed by atoms with Crippen molar-refractivity contribution >= 4 is 0 Å². The second-order valence-corrected chi connectivity index (χ2v) is 2.55. The Kier molecular flexibility index (Phi) is 6.54. The van der Waals surface area contributed by atoms with Crippen LogP contribution in [0.1, 0.15) is 12.8 Å². The van der Waals surface area contributed by atoms with Crippen LogP contribution in [0.5, 0.6) is 0 Å². The first kappa shape index (κ1) is 10.5. The molecule has 0 saturated carbocycles. The first-order valence-electron chi connectivity index (χ1n) is 3.57. The zero-order chi connectivity index (χ0) is 6.53. The van der Waals surface area contributed by atoms with E-state index in [9.17, 15) is 0 Å². The topological polar surface area (TPSA) is 23.3 Å². The fraction of sp³-hybridized carbons (Fsp3) is 1.00. The third-order valence-electron chi connectivity index (χ3n) is 1.78. The molecule has 2 nitrogen and oxygen atoms in total. The Balaban J connectivity index is 0.000000810. The summed E-state index contributed by atoms with van der Waals surface area (Å²) >= 11 is 0. The van der Waals surface area contributed by atoms with Gasteiger partial charge in [-0.25, -0.2) is 0 Å². The van der Waals surface area contributed by atoms with Crippen molar-refractivity contribution in [2.24, 2.45) is 5.92 Å². The van der Waals surface area contributed by atoms with Crippen LogP contribution in [-0.2, 0) is 23.3 Å². The van der Waals surface area contributed by atoms with Gasteiger partial charge in [-0.2, -0.15) is 7.05 Å². The molecule has 0 N–H and O–H groups in total. The Bertz CT molecular complexity index is 71.3. The molecule has 0 aromatic carbocycles. The van der Waals surface area contributed by atoms with Crippen LogP contribution in [0.3, 0.4) is 0 Å². The average molecular weight is 179 g/mol. The Morgan fingerprint density at radius 2 is 2.00 bits per heavy atom. The van der Waals surface area contributed by atoms with Gasteiger partial charge in [0.2, 0.25) is 0 Å². The molecule has 0 aromatic rings. The molecule has 1 fully saturated rings. The first-order valence-corrected chi connectivity index (χ1v) is 3.57. The van der Waals surface area contributed by atoms with Crippen LogP contribution in [0.15, 0.2) is 0 Å². The molecule has 0 bridgehead atoms. The van der Waals surface area contributed by atoms with Crippen LogP contribution in [0, 0.1) is 5.92 Å². The minimum atomic E-state index is 0. The standard InChI is InChI=1S/C7H14NO.V/c1-8-6-7-2-4-9-5-3-7;/h7H,2-6H2,1H3;/q-1;. The number of ether oxygens (including phenoxy) is 1. The predicted octanol–water partition coefficient (Wildman–Crippen LogP) is 1.41. The van der Waals surface area contributed by atoms with E-state index >= 15 is 0 Å². The van der Waals surface area contributed by atoms with Gasteiger partial charge in [0.15, 0.2) is 0 Å². The largest absolute Gasteiger partial charge is 0.665 e. The minimum absolute atomic E-state index is 0. The second kappa shape index (κ2) is 6.23. The number of rotatable bonds is 2. The van der Waals surface area contributed by atoms with Gasteiger partial charge in [-0.15, -0.1) is 6.54 Å². The van der Waals surface area contributed by atoms with Gasteiger partial charge in [-0.1, -0.05) is 5.92 Å². The van der Waals surface area contributed by atoms with Crippen molar-refractivity contribution in [1.82, 2.24) is 0 Å². The Morgan fingerprint density at radius 1 is 1.40 bits per heavy atom. The van der Waals surface area contributed by atoms with Gasteiger partial charge in [-0.3, -0.25) is 0 Å². The van der Waals surface area contributed by atoms with E-state index in [0.29, 0.717) is 0 Å². The molecule has 59 valence electrons. The summed E-state index contributed by atoms with van der Waals surface area (Å²) in [7, 11) is 1.88. The zero-order valence-corrected chi connectivity index (χ0v) is 7.81. The maximum absolute atomic E-state index is 5.20. The molecule has 1 aliphatic heterocycles. The predicted molar refractivity (Wildman–Crippen MR) is 37.7 cm³/mol. The van der Waals surface area contributed by atoms with Crippen LogP contribution < -0.4 is 0 Å². The van der Waals surface area contributed by atoms with Crippen LogP contribution in [0.25, 0.3) is 5.32 Å². The van der Waals surface area contributed by atoms with Gasteiger partial charge in [0.05, 0.1) is 0 Å². The van der Waals surface area contributed by atoms with Crippen LogP contribution in [-0.4, -0.2) is 26.8 Å². The van der Waals surface area contributed by atoms with E-state index in [1.165, 1.54) is 12.8 Å². The van der Waals surface area contributed by atoms with Crippen molar-refractivity contribution < 1.29 is 23.3 Å².